The third kappa shape index (κ3) is 4.60. The minimum atomic E-state index is -0.528. The van der Waals surface area contributed by atoms with Crippen LogP contribution in [0.15, 0.2) is 59.5 Å². The number of amides is 1. The van der Waals surface area contributed by atoms with E-state index in [1.807, 2.05) is 56.0 Å². The number of anilines is 3. The highest BCUT2D eigenvalue weighted by molar-refractivity contribution is 5.99. The molecule has 1 aliphatic heterocycles. The number of aromatic nitrogens is 5. The highest BCUT2D eigenvalue weighted by Gasteiger charge is 2.43. The largest absolute Gasteiger partial charge is 0.423 e. The van der Waals surface area contributed by atoms with Gasteiger partial charge in [-0.25, -0.2) is 9.97 Å². The van der Waals surface area contributed by atoms with Gasteiger partial charge in [0.1, 0.15) is 11.6 Å². The van der Waals surface area contributed by atoms with E-state index in [4.69, 9.17) is 9.40 Å². The van der Waals surface area contributed by atoms with Crippen molar-refractivity contribution in [2.24, 2.45) is 0 Å². The molecule has 4 aromatic rings. The third-order valence-corrected chi connectivity index (χ3v) is 6.39. The summed E-state index contributed by atoms with van der Waals surface area (Å²) in [4.78, 5) is 28.6. The van der Waals surface area contributed by atoms with E-state index in [2.05, 4.69) is 30.8 Å². The number of pyridine rings is 1. The highest BCUT2D eigenvalue weighted by Crippen LogP contribution is 2.38. The van der Waals surface area contributed by atoms with Gasteiger partial charge in [-0.1, -0.05) is 37.3 Å². The Morgan fingerprint density at radius 1 is 1.11 bits per heavy atom. The van der Waals surface area contributed by atoms with Gasteiger partial charge >= 0.3 is 0 Å². The Hall–Kier alpha value is -4.38. The van der Waals surface area contributed by atoms with Crippen LogP contribution in [0.3, 0.4) is 0 Å². The standard InChI is InChI=1S/C26H28N8O3/c1-4-12-34-24(36)17-10-11-20(30-21(17)26(34,2)3)31-25-27-13-18(23-33-28-15-37-23)22(32-25)29-19(14-35)16-8-6-5-7-9-16/h5-11,13,15,19,35H,4,12,14H2,1-3H3,(H2,27,29,30,31,32)/t19-/m1/s1. The maximum atomic E-state index is 12.9. The van der Waals surface area contributed by atoms with Crippen molar-refractivity contribution in [3.63, 3.8) is 0 Å². The van der Waals surface area contributed by atoms with Gasteiger partial charge < -0.3 is 25.1 Å². The molecule has 0 saturated carbocycles. The number of aliphatic hydroxyl groups is 1. The number of fused-ring (bicyclic) bond motifs is 1. The number of nitrogens with zero attached hydrogens (tertiary/aromatic N) is 6. The molecule has 190 valence electrons. The normalized spacial score (nSPS) is 14.9. The van der Waals surface area contributed by atoms with E-state index in [0.717, 1.165) is 12.0 Å². The van der Waals surface area contributed by atoms with Crippen molar-refractivity contribution >= 4 is 23.5 Å². The number of hydrogen-bond donors (Lipinski definition) is 3. The molecule has 0 saturated heterocycles. The summed E-state index contributed by atoms with van der Waals surface area (Å²) in [6.45, 7) is 6.54. The molecule has 11 heteroatoms. The van der Waals surface area contributed by atoms with E-state index in [1.54, 1.807) is 18.3 Å². The molecule has 0 fully saturated rings. The summed E-state index contributed by atoms with van der Waals surface area (Å²) in [6.07, 6.45) is 3.65. The van der Waals surface area contributed by atoms with Gasteiger partial charge in [0.05, 0.1) is 35.0 Å². The van der Waals surface area contributed by atoms with Gasteiger partial charge in [0.2, 0.25) is 12.3 Å². The Kier molecular flexibility index (Phi) is 6.53. The summed E-state index contributed by atoms with van der Waals surface area (Å²) in [5.74, 6) is 1.41. The molecule has 0 aliphatic carbocycles. The number of hydrogen-bond acceptors (Lipinski definition) is 10. The van der Waals surface area contributed by atoms with Gasteiger partial charge in [-0.15, -0.1) is 10.2 Å². The lowest BCUT2D eigenvalue weighted by Crippen LogP contribution is -2.39. The van der Waals surface area contributed by atoms with E-state index in [0.29, 0.717) is 35.0 Å². The third-order valence-electron chi connectivity index (χ3n) is 6.39. The average molecular weight is 501 g/mol. The zero-order chi connectivity index (χ0) is 26.0. The van der Waals surface area contributed by atoms with Crippen LogP contribution >= 0.6 is 0 Å². The molecule has 4 heterocycles. The van der Waals surface area contributed by atoms with Crippen molar-refractivity contribution in [3.05, 3.63) is 71.9 Å². The Bertz CT molecular complexity index is 1390. The molecular weight excluding hydrogens is 472 g/mol. The van der Waals surface area contributed by atoms with Gasteiger partial charge in [-0.2, -0.15) is 4.98 Å². The fraction of sp³-hybridized carbons (Fsp3) is 0.308. The molecular formula is C26H28N8O3. The van der Waals surface area contributed by atoms with Gasteiger partial charge in [0, 0.05) is 12.7 Å². The maximum absolute atomic E-state index is 12.9. The fourth-order valence-corrected chi connectivity index (χ4v) is 4.50. The van der Waals surface area contributed by atoms with Crippen molar-refractivity contribution in [2.75, 3.05) is 23.8 Å². The SMILES string of the molecule is CCCN1C(=O)c2ccc(Nc3ncc(-c4nnco4)c(N[C@H](CO)c4ccccc4)n3)nc2C1(C)C. The molecule has 1 aliphatic rings. The number of aliphatic hydroxyl groups excluding tert-OH is 1. The number of benzene rings is 1. The predicted octanol–water partition coefficient (Wildman–Crippen LogP) is 3.91. The molecule has 5 rings (SSSR count). The smallest absolute Gasteiger partial charge is 0.256 e. The van der Waals surface area contributed by atoms with Crippen LogP contribution in [-0.4, -0.2) is 54.2 Å². The summed E-state index contributed by atoms with van der Waals surface area (Å²) < 4.78 is 5.38. The van der Waals surface area contributed by atoms with Crippen molar-refractivity contribution in [1.29, 1.82) is 0 Å². The first-order valence-electron chi connectivity index (χ1n) is 12.1. The Labute approximate surface area is 214 Å². The molecule has 0 unspecified atom stereocenters. The van der Waals surface area contributed by atoms with E-state index in [-0.39, 0.29) is 24.4 Å². The number of rotatable bonds is 9. The molecule has 0 bridgehead atoms. The summed E-state index contributed by atoms with van der Waals surface area (Å²) in [7, 11) is 0. The lowest BCUT2D eigenvalue weighted by atomic mass is 9.99. The van der Waals surface area contributed by atoms with Crippen molar-refractivity contribution in [1.82, 2.24) is 30.0 Å². The van der Waals surface area contributed by atoms with Crippen LogP contribution in [0.4, 0.5) is 17.6 Å². The summed E-state index contributed by atoms with van der Waals surface area (Å²) >= 11 is 0. The van der Waals surface area contributed by atoms with Gasteiger partial charge in [-0.05, 0) is 38.0 Å². The first-order valence-corrected chi connectivity index (χ1v) is 12.1. The maximum Gasteiger partial charge on any atom is 0.256 e. The molecule has 11 nitrogen and oxygen atoms in total. The number of nitrogens with one attached hydrogen (secondary N) is 2. The van der Waals surface area contributed by atoms with Crippen molar-refractivity contribution < 1.29 is 14.3 Å². The van der Waals surface area contributed by atoms with Gasteiger partial charge in [0.15, 0.2) is 0 Å². The Morgan fingerprint density at radius 3 is 2.62 bits per heavy atom. The quantitative estimate of drug-likeness (QED) is 0.309. The molecule has 1 aromatic carbocycles. The van der Waals surface area contributed by atoms with Crippen LogP contribution in [0.2, 0.25) is 0 Å². The molecule has 0 radical (unpaired) electrons. The van der Waals surface area contributed by atoms with Crippen LogP contribution in [-0.2, 0) is 5.54 Å². The van der Waals surface area contributed by atoms with Crippen LogP contribution in [0.1, 0.15) is 54.8 Å². The topological polar surface area (TPSA) is 142 Å². The lowest BCUT2D eigenvalue weighted by molar-refractivity contribution is 0.0615. The van der Waals surface area contributed by atoms with E-state index < -0.39 is 11.6 Å². The average Bonchev–Trinajstić information content (AvgIpc) is 3.50. The van der Waals surface area contributed by atoms with Crippen molar-refractivity contribution in [3.8, 4) is 11.5 Å². The minimum Gasteiger partial charge on any atom is -0.423 e. The first-order chi connectivity index (χ1) is 17.9. The van der Waals surface area contributed by atoms with Gasteiger partial charge in [0.25, 0.3) is 11.8 Å². The molecule has 0 spiro atoms. The lowest BCUT2D eigenvalue weighted by Gasteiger charge is -2.31. The molecule has 3 N–H and O–H groups in total. The fourth-order valence-electron chi connectivity index (χ4n) is 4.50. The summed E-state index contributed by atoms with van der Waals surface area (Å²) in [5, 5.41) is 24.2. The summed E-state index contributed by atoms with van der Waals surface area (Å²) in [5.41, 5.74) is 2.16. The van der Waals surface area contributed by atoms with Crippen LogP contribution in [0.25, 0.3) is 11.5 Å². The molecule has 3 aromatic heterocycles. The predicted molar refractivity (Wildman–Crippen MR) is 137 cm³/mol. The van der Waals surface area contributed by atoms with Crippen LogP contribution < -0.4 is 10.6 Å². The van der Waals surface area contributed by atoms with Crippen LogP contribution in [0, 0.1) is 0 Å². The number of carbonyl (C=O) groups excluding carboxylic acids is 1. The minimum absolute atomic E-state index is 0.0106. The second-order valence-corrected chi connectivity index (χ2v) is 9.22. The molecule has 1 amide bonds. The van der Waals surface area contributed by atoms with Crippen molar-refractivity contribution in [2.45, 2.75) is 38.8 Å². The van der Waals surface area contributed by atoms with Gasteiger partial charge in [-0.3, -0.25) is 4.79 Å². The monoisotopic (exact) mass is 500 g/mol. The van der Waals surface area contributed by atoms with E-state index in [9.17, 15) is 9.90 Å². The second kappa shape index (κ2) is 9.94. The first kappa shape index (κ1) is 24.3. The molecule has 1 atom stereocenters. The van der Waals surface area contributed by atoms with E-state index >= 15 is 0 Å². The zero-order valence-electron chi connectivity index (χ0n) is 20.8. The Morgan fingerprint density at radius 2 is 1.92 bits per heavy atom. The Balaban J connectivity index is 1.47. The highest BCUT2D eigenvalue weighted by atomic mass is 16.4. The zero-order valence-corrected chi connectivity index (χ0v) is 20.8. The molecule has 37 heavy (non-hydrogen) atoms. The van der Waals surface area contributed by atoms with Crippen LogP contribution in [0.5, 0.6) is 0 Å². The number of carbonyl (C=O) groups is 1. The van der Waals surface area contributed by atoms with E-state index in [1.165, 1.54) is 6.39 Å². The summed E-state index contributed by atoms with van der Waals surface area (Å²) in [6, 6.07) is 12.6. The second-order valence-electron chi connectivity index (χ2n) is 9.22.